The second-order valence-electron chi connectivity index (χ2n) is 9.68. The van der Waals surface area contributed by atoms with E-state index in [1.54, 1.807) is 4.52 Å². The molecular weight excluding hydrogens is 446 g/mol. The van der Waals surface area contributed by atoms with Crippen LogP contribution in [0.25, 0.3) is 39.1 Å². The first kappa shape index (κ1) is 21.2. The predicted octanol–water partition coefficient (Wildman–Crippen LogP) is 5.27. The molecule has 1 fully saturated rings. The maximum atomic E-state index is 10.2. The minimum atomic E-state index is -0.703. The molecule has 0 bridgehead atoms. The Labute approximate surface area is 202 Å². The van der Waals surface area contributed by atoms with Crippen LogP contribution in [0.3, 0.4) is 0 Å². The first-order valence-corrected chi connectivity index (χ1v) is 11.6. The van der Waals surface area contributed by atoms with E-state index in [2.05, 4.69) is 16.1 Å². The van der Waals surface area contributed by atoms with Crippen LogP contribution in [0.1, 0.15) is 31.0 Å². The van der Waals surface area contributed by atoms with Crippen molar-refractivity contribution in [3.05, 3.63) is 83.1 Å². The molecule has 1 aliphatic carbocycles. The molecule has 7 heteroatoms. The average molecular weight is 470 g/mol. The standard InChI is InChI=1S/C27H24ClN5O/c1-16-11-23-30-13-18-12-21(20-5-3-4-6-22(20)28)24(31-25(18)33(23)32-16)17-7-9-19(10-8-17)27(29)14-26(2,34)15-27/h3-13,34H,14-15,29H2,1-2H3/t26-,27+. The van der Waals surface area contributed by atoms with Gasteiger partial charge >= 0.3 is 0 Å². The Bertz CT molecular complexity index is 1560. The maximum absolute atomic E-state index is 10.2. The van der Waals surface area contributed by atoms with Gasteiger partial charge in [-0.05, 0) is 44.4 Å². The normalized spacial score (nSPS) is 22.3. The van der Waals surface area contributed by atoms with Gasteiger partial charge in [-0.1, -0.05) is 54.1 Å². The van der Waals surface area contributed by atoms with Gasteiger partial charge < -0.3 is 10.8 Å². The summed E-state index contributed by atoms with van der Waals surface area (Å²) in [4.78, 5) is 9.63. The van der Waals surface area contributed by atoms with Crippen molar-refractivity contribution in [3.63, 3.8) is 0 Å². The van der Waals surface area contributed by atoms with Gasteiger partial charge in [0.1, 0.15) is 0 Å². The van der Waals surface area contributed by atoms with E-state index in [1.165, 1.54) is 0 Å². The van der Waals surface area contributed by atoms with Crippen LogP contribution in [-0.4, -0.2) is 30.3 Å². The lowest BCUT2D eigenvalue weighted by Gasteiger charge is -2.49. The fourth-order valence-corrected chi connectivity index (χ4v) is 5.47. The van der Waals surface area contributed by atoms with Crippen molar-refractivity contribution >= 4 is 28.3 Å². The smallest absolute Gasteiger partial charge is 0.165 e. The molecule has 0 amide bonds. The van der Waals surface area contributed by atoms with Crippen LogP contribution in [0.5, 0.6) is 0 Å². The Hall–Kier alpha value is -3.32. The highest BCUT2D eigenvalue weighted by atomic mass is 35.5. The first-order valence-electron chi connectivity index (χ1n) is 11.3. The van der Waals surface area contributed by atoms with E-state index < -0.39 is 11.1 Å². The van der Waals surface area contributed by atoms with E-state index in [0.717, 1.165) is 50.3 Å². The van der Waals surface area contributed by atoms with E-state index >= 15 is 0 Å². The van der Waals surface area contributed by atoms with Crippen molar-refractivity contribution in [2.24, 2.45) is 5.73 Å². The second-order valence-corrected chi connectivity index (χ2v) is 10.1. The molecule has 6 nitrogen and oxygen atoms in total. The molecule has 5 aromatic rings. The fraction of sp³-hybridized carbons (Fsp3) is 0.222. The molecule has 0 aliphatic heterocycles. The molecule has 34 heavy (non-hydrogen) atoms. The van der Waals surface area contributed by atoms with Crippen molar-refractivity contribution in [1.29, 1.82) is 0 Å². The number of fused-ring (bicyclic) bond motifs is 3. The number of aromatic nitrogens is 4. The molecule has 0 spiro atoms. The second kappa shape index (κ2) is 7.34. The third-order valence-corrected chi connectivity index (χ3v) is 7.00. The van der Waals surface area contributed by atoms with Crippen LogP contribution in [0.4, 0.5) is 0 Å². The van der Waals surface area contributed by atoms with E-state index in [9.17, 15) is 5.11 Å². The van der Waals surface area contributed by atoms with Crippen molar-refractivity contribution in [2.45, 2.75) is 37.8 Å². The monoisotopic (exact) mass is 469 g/mol. The van der Waals surface area contributed by atoms with Gasteiger partial charge in [0, 0.05) is 44.9 Å². The molecular formula is C27H24ClN5O. The minimum Gasteiger partial charge on any atom is -0.390 e. The lowest BCUT2D eigenvalue weighted by molar-refractivity contribution is -0.0738. The summed E-state index contributed by atoms with van der Waals surface area (Å²) < 4.78 is 1.78. The Morgan fingerprint density at radius 3 is 2.47 bits per heavy atom. The highest BCUT2D eigenvalue weighted by molar-refractivity contribution is 6.33. The molecule has 2 aromatic carbocycles. The van der Waals surface area contributed by atoms with Gasteiger partial charge in [-0.3, -0.25) is 0 Å². The molecule has 0 radical (unpaired) electrons. The highest BCUT2D eigenvalue weighted by Crippen LogP contribution is 2.46. The summed E-state index contributed by atoms with van der Waals surface area (Å²) in [6, 6.07) is 19.9. The van der Waals surface area contributed by atoms with Crippen LogP contribution >= 0.6 is 11.6 Å². The van der Waals surface area contributed by atoms with Crippen LogP contribution < -0.4 is 5.73 Å². The fourth-order valence-electron chi connectivity index (χ4n) is 5.23. The molecule has 0 atom stereocenters. The number of pyridine rings is 1. The SMILES string of the molecule is Cc1cc2ncc3cc(-c4ccccc4Cl)c(-c4ccc([C@]5(N)C[C@@](C)(O)C5)cc4)nc3n2n1. The Morgan fingerprint density at radius 2 is 1.76 bits per heavy atom. The molecule has 0 unspecified atom stereocenters. The zero-order valence-corrected chi connectivity index (χ0v) is 19.7. The number of halogens is 1. The quantitative estimate of drug-likeness (QED) is 0.375. The third-order valence-electron chi connectivity index (χ3n) is 6.67. The van der Waals surface area contributed by atoms with Crippen molar-refractivity contribution in [3.8, 4) is 22.4 Å². The van der Waals surface area contributed by atoms with Gasteiger partial charge in [-0.15, -0.1) is 0 Å². The minimum absolute atomic E-state index is 0.505. The topological polar surface area (TPSA) is 89.3 Å². The highest BCUT2D eigenvalue weighted by Gasteiger charge is 2.49. The van der Waals surface area contributed by atoms with E-state index in [1.807, 2.05) is 74.6 Å². The largest absolute Gasteiger partial charge is 0.390 e. The lowest BCUT2D eigenvalue weighted by atomic mass is 9.63. The summed E-state index contributed by atoms with van der Waals surface area (Å²) in [6.45, 7) is 3.77. The molecule has 1 saturated carbocycles. The van der Waals surface area contributed by atoms with Gasteiger partial charge in [-0.2, -0.15) is 9.61 Å². The zero-order valence-electron chi connectivity index (χ0n) is 19.0. The van der Waals surface area contributed by atoms with Crippen molar-refractivity contribution < 1.29 is 5.11 Å². The van der Waals surface area contributed by atoms with Crippen molar-refractivity contribution in [1.82, 2.24) is 19.6 Å². The van der Waals surface area contributed by atoms with Gasteiger partial charge in [-0.25, -0.2) is 9.97 Å². The predicted molar refractivity (Wildman–Crippen MR) is 135 cm³/mol. The molecule has 3 aromatic heterocycles. The average Bonchev–Trinajstić information content (AvgIpc) is 3.18. The van der Waals surface area contributed by atoms with Gasteiger partial charge in [0.15, 0.2) is 11.3 Å². The van der Waals surface area contributed by atoms with E-state index in [4.69, 9.17) is 22.3 Å². The Balaban J connectivity index is 1.55. The molecule has 6 rings (SSSR count). The molecule has 3 N–H and O–H groups in total. The summed E-state index contributed by atoms with van der Waals surface area (Å²) in [5.41, 5.74) is 12.3. The van der Waals surface area contributed by atoms with Gasteiger partial charge in [0.05, 0.1) is 17.0 Å². The van der Waals surface area contributed by atoms with Crippen LogP contribution in [0.2, 0.25) is 5.02 Å². The first-order chi connectivity index (χ1) is 16.2. The van der Waals surface area contributed by atoms with Crippen molar-refractivity contribution in [2.75, 3.05) is 0 Å². The summed E-state index contributed by atoms with van der Waals surface area (Å²) in [7, 11) is 0. The summed E-state index contributed by atoms with van der Waals surface area (Å²) in [5.74, 6) is 0. The number of nitrogens with zero attached hydrogens (tertiary/aromatic N) is 4. The third kappa shape index (κ3) is 3.38. The van der Waals surface area contributed by atoms with Gasteiger partial charge in [0.2, 0.25) is 0 Å². The zero-order chi connectivity index (χ0) is 23.7. The number of hydrogen-bond acceptors (Lipinski definition) is 5. The van der Waals surface area contributed by atoms with E-state index in [0.29, 0.717) is 17.9 Å². The number of aliphatic hydroxyl groups is 1. The number of rotatable bonds is 3. The van der Waals surface area contributed by atoms with Gasteiger partial charge in [0.25, 0.3) is 0 Å². The number of aryl methyl sites for hydroxylation is 1. The molecule has 170 valence electrons. The maximum Gasteiger partial charge on any atom is 0.165 e. The molecule has 1 aliphatic rings. The number of hydrogen-bond donors (Lipinski definition) is 2. The number of benzene rings is 2. The Morgan fingerprint density at radius 1 is 1.03 bits per heavy atom. The van der Waals surface area contributed by atoms with Crippen LogP contribution in [-0.2, 0) is 5.54 Å². The molecule has 3 heterocycles. The summed E-state index contributed by atoms with van der Waals surface area (Å²) in [5, 5.41) is 16.3. The lowest BCUT2D eigenvalue weighted by Crippen LogP contribution is -2.58. The molecule has 0 saturated heterocycles. The summed E-state index contributed by atoms with van der Waals surface area (Å²) in [6.07, 6.45) is 2.91. The Kier molecular flexibility index (Phi) is 4.58. The summed E-state index contributed by atoms with van der Waals surface area (Å²) >= 11 is 6.60. The number of nitrogens with two attached hydrogens (primary N) is 1. The van der Waals surface area contributed by atoms with Crippen LogP contribution in [0, 0.1) is 6.92 Å². The van der Waals surface area contributed by atoms with E-state index in [-0.39, 0.29) is 0 Å². The van der Waals surface area contributed by atoms with Crippen LogP contribution in [0.15, 0.2) is 66.9 Å².